The summed E-state index contributed by atoms with van der Waals surface area (Å²) >= 11 is 0. The van der Waals surface area contributed by atoms with Crippen LogP contribution in [-0.2, 0) is 21.4 Å². The van der Waals surface area contributed by atoms with Crippen LogP contribution in [0, 0.1) is 0 Å². The molecule has 2 aromatic rings. The van der Waals surface area contributed by atoms with E-state index in [1.807, 2.05) is 30.3 Å². The maximum atomic E-state index is 13.0. The van der Waals surface area contributed by atoms with Crippen LogP contribution < -0.4 is 4.90 Å². The van der Waals surface area contributed by atoms with E-state index in [4.69, 9.17) is 4.42 Å². The fraction of sp³-hybridized carbons (Fsp3) is 0.308. The van der Waals surface area contributed by atoms with Crippen molar-refractivity contribution < 1.29 is 21.5 Å². The third kappa shape index (κ3) is 2.98. The van der Waals surface area contributed by atoms with Gasteiger partial charge in [-0.1, -0.05) is 35.4 Å². The minimum absolute atomic E-state index is 0.109. The number of amides is 1. The lowest BCUT2D eigenvalue weighted by molar-refractivity contribution is -0.117. The first kappa shape index (κ1) is 14.6. The molecule has 0 spiro atoms. The van der Waals surface area contributed by atoms with Crippen LogP contribution in [0.2, 0.25) is 0 Å². The highest BCUT2D eigenvalue weighted by Crippen LogP contribution is 2.25. The van der Waals surface area contributed by atoms with Crippen molar-refractivity contribution in [1.29, 1.82) is 0 Å². The monoisotopic (exact) mass is 325 g/mol. The molecular formula is C13H12FN3O4S. The molecule has 9 heteroatoms. The maximum Gasteiger partial charge on any atom is 0.325 e. The summed E-state index contributed by atoms with van der Waals surface area (Å²) in [7, 11) is -4.77. The van der Waals surface area contributed by atoms with E-state index in [1.165, 1.54) is 0 Å². The normalized spacial score (nSPS) is 18.9. The van der Waals surface area contributed by atoms with Crippen molar-refractivity contribution in [2.75, 3.05) is 11.4 Å². The lowest BCUT2D eigenvalue weighted by Crippen LogP contribution is -2.27. The molecule has 0 radical (unpaired) electrons. The molecule has 1 atom stereocenters. The van der Waals surface area contributed by atoms with E-state index in [1.54, 1.807) is 0 Å². The van der Waals surface area contributed by atoms with Crippen molar-refractivity contribution in [3.05, 3.63) is 41.8 Å². The molecule has 0 bridgehead atoms. The maximum absolute atomic E-state index is 13.0. The van der Waals surface area contributed by atoms with E-state index in [0.717, 1.165) is 10.5 Å². The molecule has 1 unspecified atom stereocenters. The number of nitrogens with zero attached hydrogens (tertiary/aromatic N) is 3. The van der Waals surface area contributed by atoms with Crippen molar-refractivity contribution in [3.8, 4) is 0 Å². The molecule has 1 saturated heterocycles. The summed E-state index contributed by atoms with van der Waals surface area (Å²) in [6, 6.07) is 9.28. The predicted molar refractivity (Wildman–Crippen MR) is 74.3 cm³/mol. The highest BCUT2D eigenvalue weighted by molar-refractivity contribution is 7.87. The first-order chi connectivity index (χ1) is 10.4. The Morgan fingerprint density at radius 2 is 2.00 bits per heavy atom. The summed E-state index contributed by atoms with van der Waals surface area (Å²) in [6.45, 7) is -0.315. The number of benzene rings is 1. The minimum atomic E-state index is -4.77. The molecule has 0 saturated carbocycles. The Kier molecular flexibility index (Phi) is 3.65. The number of hydrogen-bond donors (Lipinski definition) is 0. The average Bonchev–Trinajstić information content (AvgIpc) is 3.06. The quantitative estimate of drug-likeness (QED) is 0.781. The number of aromatic nitrogens is 2. The van der Waals surface area contributed by atoms with Crippen LogP contribution in [0.25, 0.3) is 0 Å². The Labute approximate surface area is 126 Å². The zero-order valence-electron chi connectivity index (χ0n) is 11.3. The Hall–Kier alpha value is -2.29. The van der Waals surface area contributed by atoms with Gasteiger partial charge in [0.1, 0.15) is 5.25 Å². The van der Waals surface area contributed by atoms with Gasteiger partial charge in [0.15, 0.2) is 0 Å². The van der Waals surface area contributed by atoms with Crippen molar-refractivity contribution in [3.63, 3.8) is 0 Å². The zero-order chi connectivity index (χ0) is 15.7. The van der Waals surface area contributed by atoms with E-state index in [0.29, 0.717) is 12.3 Å². The summed E-state index contributed by atoms with van der Waals surface area (Å²) in [5.74, 6) is -0.262. The Balaban J connectivity index is 1.75. The molecule has 0 N–H and O–H groups in total. The van der Waals surface area contributed by atoms with Crippen LogP contribution in [-0.4, -0.2) is 36.3 Å². The molecule has 1 aromatic carbocycles. The number of carbonyl (C=O) groups excluding carboxylic acids is 1. The molecule has 116 valence electrons. The van der Waals surface area contributed by atoms with Gasteiger partial charge in [-0.15, -0.1) is 8.98 Å². The van der Waals surface area contributed by atoms with Gasteiger partial charge in [-0.25, -0.2) is 0 Å². The SMILES string of the molecule is O=C1CC(S(=O)(=O)F)CN1c1nnc(Cc2ccccc2)o1. The molecular weight excluding hydrogens is 313 g/mol. The standard InChI is InChI=1S/C13H12FN3O4S/c14-22(19,20)10-7-12(18)17(8-10)13-16-15-11(21-13)6-9-4-2-1-3-5-9/h1-5,10H,6-8H2. The summed E-state index contributed by atoms with van der Waals surface area (Å²) in [5.41, 5.74) is 0.953. The number of hydrogen-bond acceptors (Lipinski definition) is 6. The van der Waals surface area contributed by atoms with Gasteiger partial charge in [0, 0.05) is 6.42 Å². The second kappa shape index (κ2) is 5.48. The van der Waals surface area contributed by atoms with Gasteiger partial charge < -0.3 is 4.42 Å². The van der Waals surface area contributed by atoms with E-state index in [9.17, 15) is 17.1 Å². The van der Waals surface area contributed by atoms with E-state index in [2.05, 4.69) is 10.2 Å². The number of rotatable bonds is 4. The average molecular weight is 325 g/mol. The van der Waals surface area contributed by atoms with Crippen LogP contribution in [0.3, 0.4) is 0 Å². The summed E-state index contributed by atoms with van der Waals surface area (Å²) in [4.78, 5) is 12.8. The smallest absolute Gasteiger partial charge is 0.325 e. The first-order valence-corrected chi connectivity index (χ1v) is 7.98. The second-order valence-electron chi connectivity index (χ2n) is 4.95. The van der Waals surface area contributed by atoms with Crippen molar-refractivity contribution >= 4 is 22.1 Å². The molecule has 1 aliphatic heterocycles. The lowest BCUT2D eigenvalue weighted by atomic mass is 10.2. The molecule has 22 heavy (non-hydrogen) atoms. The van der Waals surface area contributed by atoms with Crippen molar-refractivity contribution in [1.82, 2.24) is 10.2 Å². The number of halogens is 1. The largest absolute Gasteiger partial charge is 0.407 e. The van der Waals surface area contributed by atoms with Crippen LogP contribution in [0.1, 0.15) is 17.9 Å². The van der Waals surface area contributed by atoms with Gasteiger partial charge in [0.05, 0.1) is 13.0 Å². The fourth-order valence-electron chi connectivity index (χ4n) is 2.24. The molecule has 1 aromatic heterocycles. The number of carbonyl (C=O) groups is 1. The summed E-state index contributed by atoms with van der Waals surface area (Å²) < 4.78 is 40.1. The molecule has 1 amide bonds. The van der Waals surface area contributed by atoms with Gasteiger partial charge in [-0.05, 0) is 5.56 Å². The predicted octanol–water partition coefficient (Wildman–Crippen LogP) is 1.06. The minimum Gasteiger partial charge on any atom is -0.407 e. The summed E-state index contributed by atoms with van der Waals surface area (Å²) in [6.07, 6.45) is -0.0318. The molecule has 2 heterocycles. The van der Waals surface area contributed by atoms with Gasteiger partial charge in [0.2, 0.25) is 11.8 Å². The highest BCUT2D eigenvalue weighted by Gasteiger charge is 2.41. The van der Waals surface area contributed by atoms with Gasteiger partial charge in [-0.3, -0.25) is 9.69 Å². The van der Waals surface area contributed by atoms with Gasteiger partial charge >= 0.3 is 16.2 Å². The fourth-order valence-corrected chi connectivity index (χ4v) is 2.91. The van der Waals surface area contributed by atoms with Gasteiger partial charge in [0.25, 0.3) is 0 Å². The van der Waals surface area contributed by atoms with Crippen molar-refractivity contribution in [2.45, 2.75) is 18.1 Å². The molecule has 7 nitrogen and oxygen atoms in total. The number of anilines is 1. The zero-order valence-corrected chi connectivity index (χ0v) is 12.2. The molecule has 1 aliphatic rings. The topological polar surface area (TPSA) is 93.4 Å². The van der Waals surface area contributed by atoms with Crippen LogP contribution >= 0.6 is 0 Å². The molecule has 1 fully saturated rings. The van der Waals surface area contributed by atoms with Crippen molar-refractivity contribution in [2.24, 2.45) is 0 Å². The second-order valence-corrected chi connectivity index (χ2v) is 6.56. The van der Waals surface area contributed by atoms with E-state index < -0.39 is 27.8 Å². The van der Waals surface area contributed by atoms with Crippen LogP contribution in [0.15, 0.2) is 34.7 Å². The lowest BCUT2D eigenvalue weighted by Gasteiger charge is -2.09. The Morgan fingerprint density at radius 3 is 2.64 bits per heavy atom. The molecule has 3 rings (SSSR count). The first-order valence-electron chi connectivity index (χ1n) is 6.53. The Bertz CT molecular complexity index is 791. The van der Waals surface area contributed by atoms with Crippen LogP contribution in [0.4, 0.5) is 9.90 Å². The third-order valence-electron chi connectivity index (χ3n) is 3.37. The van der Waals surface area contributed by atoms with E-state index >= 15 is 0 Å². The van der Waals surface area contributed by atoms with Gasteiger partial charge in [-0.2, -0.15) is 8.42 Å². The third-order valence-corrected chi connectivity index (χ3v) is 4.49. The van der Waals surface area contributed by atoms with E-state index in [-0.39, 0.29) is 12.6 Å². The summed E-state index contributed by atoms with van der Waals surface area (Å²) in [5, 5.41) is 6.17. The van der Waals surface area contributed by atoms with Crippen LogP contribution in [0.5, 0.6) is 0 Å². The highest BCUT2D eigenvalue weighted by atomic mass is 32.3. The molecule has 0 aliphatic carbocycles. The Morgan fingerprint density at radius 1 is 1.27 bits per heavy atom.